The average Bonchev–Trinajstić information content (AvgIpc) is 2.24. The van der Waals surface area contributed by atoms with Crippen molar-refractivity contribution in [2.45, 2.75) is 6.18 Å². The Morgan fingerprint density at radius 2 is 2.12 bits per heavy atom. The monoisotopic (exact) mass is 227 g/mol. The van der Waals surface area contributed by atoms with Gasteiger partial charge in [0.25, 0.3) is 0 Å². The third-order valence-electron chi connectivity index (χ3n) is 1.77. The molecule has 1 aromatic rings. The van der Waals surface area contributed by atoms with Crippen LogP contribution in [-0.4, -0.2) is 6.54 Å². The lowest BCUT2D eigenvalue weighted by atomic mass is 10.1. The number of hydrogen-bond acceptors (Lipinski definition) is 1. The Kier molecular flexibility index (Phi) is 3.96. The third-order valence-corrected chi connectivity index (χ3v) is 1.77. The van der Waals surface area contributed by atoms with E-state index >= 15 is 0 Å². The van der Waals surface area contributed by atoms with E-state index in [0.29, 0.717) is 5.56 Å². The second-order valence-electron chi connectivity index (χ2n) is 2.94. The first-order chi connectivity index (χ1) is 7.54. The molecule has 84 valence electrons. The van der Waals surface area contributed by atoms with Gasteiger partial charge in [0.1, 0.15) is 0 Å². The van der Waals surface area contributed by atoms with Crippen LogP contribution >= 0.6 is 0 Å². The Labute approximate surface area is 89.8 Å². The Bertz CT molecular complexity index is 431. The summed E-state index contributed by atoms with van der Waals surface area (Å²) < 4.78 is 37.0. The molecule has 0 spiro atoms. The molecule has 0 aromatic heterocycles. The van der Waals surface area contributed by atoms with Crippen LogP contribution < -0.4 is 0 Å². The van der Waals surface area contributed by atoms with Gasteiger partial charge in [-0.2, -0.15) is 13.2 Å². The Morgan fingerprint density at radius 1 is 1.38 bits per heavy atom. The van der Waals surface area contributed by atoms with Crippen LogP contribution in [0.3, 0.4) is 0 Å². The highest BCUT2D eigenvalue weighted by Gasteiger charge is 2.30. The molecular formula is C10H8F3N3. The molecular weight excluding hydrogens is 219 g/mol. The molecule has 0 aliphatic heterocycles. The zero-order valence-corrected chi connectivity index (χ0v) is 8.15. The van der Waals surface area contributed by atoms with Gasteiger partial charge in [-0.1, -0.05) is 29.4 Å². The second-order valence-corrected chi connectivity index (χ2v) is 2.94. The van der Waals surface area contributed by atoms with Crippen LogP contribution in [0.25, 0.3) is 16.5 Å². The number of benzene rings is 1. The average molecular weight is 227 g/mol. The van der Waals surface area contributed by atoms with E-state index in [-0.39, 0.29) is 6.54 Å². The maximum Gasteiger partial charge on any atom is 0.416 e. The van der Waals surface area contributed by atoms with E-state index in [1.165, 1.54) is 18.2 Å². The molecule has 0 fully saturated rings. The van der Waals surface area contributed by atoms with Crippen molar-refractivity contribution in [1.29, 1.82) is 0 Å². The maximum atomic E-state index is 12.3. The number of halogens is 3. The summed E-state index contributed by atoms with van der Waals surface area (Å²) in [6.45, 7) is 0.118. The minimum Gasteiger partial charge on any atom is -0.166 e. The number of nitrogens with zero attached hydrogens (tertiary/aromatic N) is 3. The van der Waals surface area contributed by atoms with Crippen molar-refractivity contribution in [2.24, 2.45) is 5.11 Å². The van der Waals surface area contributed by atoms with Gasteiger partial charge in [0.05, 0.1) is 5.56 Å². The van der Waals surface area contributed by atoms with Crippen LogP contribution in [0.1, 0.15) is 11.1 Å². The SMILES string of the molecule is [N-]=[N+]=NCC=Cc1cccc(C(F)(F)F)c1. The van der Waals surface area contributed by atoms with Crippen molar-refractivity contribution in [3.63, 3.8) is 0 Å². The molecule has 0 atom stereocenters. The van der Waals surface area contributed by atoms with E-state index in [2.05, 4.69) is 10.0 Å². The molecule has 0 heterocycles. The first kappa shape index (κ1) is 12.1. The smallest absolute Gasteiger partial charge is 0.166 e. The normalized spacial score (nSPS) is 11.4. The number of rotatable bonds is 3. The van der Waals surface area contributed by atoms with Crippen LogP contribution in [0.15, 0.2) is 35.5 Å². The van der Waals surface area contributed by atoms with Crippen molar-refractivity contribution in [3.05, 3.63) is 51.9 Å². The fourth-order valence-corrected chi connectivity index (χ4v) is 1.09. The highest BCUT2D eigenvalue weighted by Crippen LogP contribution is 2.29. The van der Waals surface area contributed by atoms with E-state index in [9.17, 15) is 13.2 Å². The van der Waals surface area contributed by atoms with Gasteiger partial charge in [0.2, 0.25) is 0 Å². The predicted molar refractivity (Wildman–Crippen MR) is 54.5 cm³/mol. The summed E-state index contributed by atoms with van der Waals surface area (Å²) in [5.74, 6) is 0. The van der Waals surface area contributed by atoms with Gasteiger partial charge in [0, 0.05) is 11.5 Å². The van der Waals surface area contributed by atoms with E-state index < -0.39 is 11.7 Å². The first-order valence-corrected chi connectivity index (χ1v) is 4.38. The van der Waals surface area contributed by atoms with E-state index in [1.807, 2.05) is 0 Å². The summed E-state index contributed by atoms with van der Waals surface area (Å²) in [6, 6.07) is 4.91. The maximum absolute atomic E-state index is 12.3. The number of azide groups is 1. The number of alkyl halides is 3. The molecule has 16 heavy (non-hydrogen) atoms. The molecule has 0 unspecified atom stereocenters. The second kappa shape index (κ2) is 5.23. The van der Waals surface area contributed by atoms with Gasteiger partial charge in [0.15, 0.2) is 0 Å². The molecule has 0 N–H and O–H groups in total. The van der Waals surface area contributed by atoms with E-state index in [0.717, 1.165) is 12.1 Å². The minimum absolute atomic E-state index is 0.118. The summed E-state index contributed by atoms with van der Waals surface area (Å²) in [5, 5.41) is 3.23. The lowest BCUT2D eigenvalue weighted by Crippen LogP contribution is -2.04. The van der Waals surface area contributed by atoms with Gasteiger partial charge in [-0.25, -0.2) is 0 Å². The van der Waals surface area contributed by atoms with Crippen LogP contribution in [-0.2, 0) is 6.18 Å². The van der Waals surface area contributed by atoms with Gasteiger partial charge in [-0.3, -0.25) is 0 Å². The zero-order chi connectivity index (χ0) is 12.0. The lowest BCUT2D eigenvalue weighted by Gasteiger charge is -2.06. The summed E-state index contributed by atoms with van der Waals surface area (Å²) in [7, 11) is 0. The molecule has 0 amide bonds. The summed E-state index contributed by atoms with van der Waals surface area (Å²) >= 11 is 0. The molecule has 0 aliphatic rings. The minimum atomic E-state index is -4.34. The molecule has 6 heteroatoms. The molecule has 1 rings (SSSR count). The van der Waals surface area contributed by atoms with Gasteiger partial charge < -0.3 is 0 Å². The summed E-state index contributed by atoms with van der Waals surface area (Å²) in [6.07, 6.45) is -1.37. The fourth-order valence-electron chi connectivity index (χ4n) is 1.09. The molecule has 0 radical (unpaired) electrons. The van der Waals surface area contributed by atoms with Crippen molar-refractivity contribution in [3.8, 4) is 0 Å². The quantitative estimate of drug-likeness (QED) is 0.425. The van der Waals surface area contributed by atoms with Crippen molar-refractivity contribution >= 4 is 6.08 Å². The van der Waals surface area contributed by atoms with Crippen LogP contribution in [0.2, 0.25) is 0 Å². The highest BCUT2D eigenvalue weighted by atomic mass is 19.4. The molecule has 0 bridgehead atoms. The molecule has 0 saturated heterocycles. The standard InChI is InChI=1S/C10H8F3N3/c11-10(12,13)9-5-1-3-8(7-9)4-2-6-15-16-14/h1-5,7H,6H2. The number of hydrogen-bond donors (Lipinski definition) is 0. The van der Waals surface area contributed by atoms with Crippen LogP contribution in [0, 0.1) is 0 Å². The van der Waals surface area contributed by atoms with Crippen LogP contribution in [0.4, 0.5) is 13.2 Å². The molecule has 0 aliphatic carbocycles. The largest absolute Gasteiger partial charge is 0.416 e. The van der Waals surface area contributed by atoms with Gasteiger partial charge in [-0.15, -0.1) is 0 Å². The summed E-state index contributed by atoms with van der Waals surface area (Å²) in [5.41, 5.74) is 7.71. The zero-order valence-electron chi connectivity index (χ0n) is 8.15. The van der Waals surface area contributed by atoms with Gasteiger partial charge in [-0.05, 0) is 23.2 Å². The van der Waals surface area contributed by atoms with E-state index in [4.69, 9.17) is 5.53 Å². The predicted octanol–water partition coefficient (Wildman–Crippen LogP) is 4.03. The Hall–Kier alpha value is -1.94. The molecule has 0 saturated carbocycles. The molecule has 1 aromatic carbocycles. The first-order valence-electron chi connectivity index (χ1n) is 4.38. The van der Waals surface area contributed by atoms with E-state index in [1.54, 1.807) is 6.07 Å². The van der Waals surface area contributed by atoms with Crippen molar-refractivity contribution in [1.82, 2.24) is 0 Å². The van der Waals surface area contributed by atoms with Gasteiger partial charge >= 0.3 is 6.18 Å². The molecule has 3 nitrogen and oxygen atoms in total. The van der Waals surface area contributed by atoms with Crippen molar-refractivity contribution in [2.75, 3.05) is 6.54 Å². The van der Waals surface area contributed by atoms with Crippen LogP contribution in [0.5, 0.6) is 0 Å². The highest BCUT2D eigenvalue weighted by molar-refractivity contribution is 5.50. The van der Waals surface area contributed by atoms with Crippen molar-refractivity contribution < 1.29 is 13.2 Å². The summed E-state index contributed by atoms with van der Waals surface area (Å²) in [4.78, 5) is 2.52. The fraction of sp³-hybridized carbons (Fsp3) is 0.200. The Morgan fingerprint density at radius 3 is 2.75 bits per heavy atom. The Balaban J connectivity index is 2.83. The lowest BCUT2D eigenvalue weighted by molar-refractivity contribution is -0.137. The third kappa shape index (κ3) is 3.67. The topological polar surface area (TPSA) is 48.8 Å².